The number of rotatable bonds is 4. The summed E-state index contributed by atoms with van der Waals surface area (Å²) in [6, 6.07) is 10.8. The van der Waals surface area contributed by atoms with Gasteiger partial charge in [0.2, 0.25) is 5.91 Å². The number of carbonyl (C=O) groups is 1. The fourth-order valence-electron chi connectivity index (χ4n) is 2.70. The van der Waals surface area contributed by atoms with Crippen molar-refractivity contribution < 1.29 is 4.79 Å². The molecule has 1 amide bonds. The predicted molar refractivity (Wildman–Crippen MR) is 82.6 cm³/mol. The molecule has 20 heavy (non-hydrogen) atoms. The molecule has 1 aliphatic rings. The number of benzene rings is 1. The van der Waals surface area contributed by atoms with Crippen molar-refractivity contribution >= 4 is 5.91 Å². The van der Waals surface area contributed by atoms with E-state index >= 15 is 0 Å². The monoisotopic (exact) mass is 274 g/mol. The van der Waals surface area contributed by atoms with Crippen LogP contribution in [-0.4, -0.2) is 35.5 Å². The lowest BCUT2D eigenvalue weighted by atomic mass is 10.0. The Bertz CT molecular complexity index is 436. The molecule has 1 atom stereocenters. The number of amides is 1. The van der Waals surface area contributed by atoms with E-state index in [-0.39, 0.29) is 11.4 Å². The summed E-state index contributed by atoms with van der Waals surface area (Å²) >= 11 is 0. The third kappa shape index (κ3) is 4.34. The minimum atomic E-state index is -0.00961. The van der Waals surface area contributed by atoms with Gasteiger partial charge in [-0.25, -0.2) is 0 Å². The molecule has 1 heterocycles. The van der Waals surface area contributed by atoms with E-state index in [1.54, 1.807) is 0 Å². The normalized spacial score (nSPS) is 19.4. The van der Waals surface area contributed by atoms with E-state index in [0.29, 0.717) is 12.6 Å². The van der Waals surface area contributed by atoms with Gasteiger partial charge in [0.25, 0.3) is 0 Å². The maximum absolute atomic E-state index is 12.4. The van der Waals surface area contributed by atoms with Gasteiger partial charge in [0.05, 0.1) is 6.54 Å². The van der Waals surface area contributed by atoms with Gasteiger partial charge >= 0.3 is 0 Å². The number of hydrogen-bond acceptors (Lipinski definition) is 2. The van der Waals surface area contributed by atoms with Gasteiger partial charge in [0.1, 0.15) is 0 Å². The minimum Gasteiger partial charge on any atom is -0.338 e. The smallest absolute Gasteiger partial charge is 0.236 e. The maximum Gasteiger partial charge on any atom is 0.236 e. The molecule has 3 nitrogen and oxygen atoms in total. The van der Waals surface area contributed by atoms with E-state index in [0.717, 1.165) is 25.8 Å². The van der Waals surface area contributed by atoms with Crippen LogP contribution in [0.4, 0.5) is 0 Å². The Morgan fingerprint density at radius 1 is 1.30 bits per heavy atom. The van der Waals surface area contributed by atoms with E-state index in [1.165, 1.54) is 5.56 Å². The van der Waals surface area contributed by atoms with Crippen LogP contribution in [0.3, 0.4) is 0 Å². The fraction of sp³-hybridized carbons (Fsp3) is 0.588. The molecule has 0 aromatic heterocycles. The van der Waals surface area contributed by atoms with E-state index in [1.807, 2.05) is 6.07 Å². The van der Waals surface area contributed by atoms with Crippen molar-refractivity contribution in [2.45, 2.75) is 51.6 Å². The van der Waals surface area contributed by atoms with Gasteiger partial charge in [-0.05, 0) is 45.6 Å². The number of carbonyl (C=O) groups excluding carboxylic acids is 1. The lowest BCUT2D eigenvalue weighted by Crippen LogP contribution is -2.46. The Balaban J connectivity index is 1.92. The molecule has 0 bridgehead atoms. The SMILES string of the molecule is CC(C)(C)NCC(=O)N1CCCC1Cc1ccccc1. The predicted octanol–water partition coefficient (Wildman–Crippen LogP) is 2.61. The Morgan fingerprint density at radius 3 is 2.65 bits per heavy atom. The Morgan fingerprint density at radius 2 is 2.00 bits per heavy atom. The topological polar surface area (TPSA) is 32.3 Å². The van der Waals surface area contributed by atoms with Gasteiger partial charge in [0, 0.05) is 18.1 Å². The first-order valence-corrected chi connectivity index (χ1v) is 7.54. The molecule has 0 saturated carbocycles. The zero-order valence-electron chi connectivity index (χ0n) is 12.9. The quantitative estimate of drug-likeness (QED) is 0.915. The van der Waals surface area contributed by atoms with Crippen LogP contribution in [0.5, 0.6) is 0 Å². The third-order valence-corrected chi connectivity index (χ3v) is 3.78. The van der Waals surface area contributed by atoms with Crippen LogP contribution in [-0.2, 0) is 11.2 Å². The first-order valence-electron chi connectivity index (χ1n) is 7.54. The molecular weight excluding hydrogens is 248 g/mol. The number of nitrogens with zero attached hydrogens (tertiary/aromatic N) is 1. The molecule has 1 aromatic rings. The Kier molecular flexibility index (Phi) is 4.81. The molecule has 1 saturated heterocycles. The highest BCUT2D eigenvalue weighted by Crippen LogP contribution is 2.21. The van der Waals surface area contributed by atoms with Crippen molar-refractivity contribution in [3.05, 3.63) is 35.9 Å². The van der Waals surface area contributed by atoms with Crippen molar-refractivity contribution in [2.24, 2.45) is 0 Å². The van der Waals surface area contributed by atoms with Crippen LogP contribution < -0.4 is 5.32 Å². The summed E-state index contributed by atoms with van der Waals surface area (Å²) in [6.45, 7) is 7.61. The number of likely N-dealkylation sites (tertiary alicyclic amines) is 1. The van der Waals surface area contributed by atoms with Crippen molar-refractivity contribution in [1.29, 1.82) is 0 Å². The van der Waals surface area contributed by atoms with Gasteiger partial charge in [-0.3, -0.25) is 4.79 Å². The highest BCUT2D eigenvalue weighted by Gasteiger charge is 2.28. The highest BCUT2D eigenvalue weighted by atomic mass is 16.2. The van der Waals surface area contributed by atoms with Gasteiger partial charge < -0.3 is 10.2 Å². The zero-order chi connectivity index (χ0) is 14.6. The average Bonchev–Trinajstić information content (AvgIpc) is 2.84. The van der Waals surface area contributed by atoms with Crippen molar-refractivity contribution in [3.8, 4) is 0 Å². The van der Waals surface area contributed by atoms with E-state index in [9.17, 15) is 4.79 Å². The molecular formula is C17H26N2O. The summed E-state index contributed by atoms with van der Waals surface area (Å²) in [5, 5.41) is 3.29. The minimum absolute atomic E-state index is 0.00961. The van der Waals surface area contributed by atoms with Gasteiger partial charge in [-0.2, -0.15) is 0 Å². The molecule has 2 rings (SSSR count). The van der Waals surface area contributed by atoms with Crippen LogP contribution >= 0.6 is 0 Å². The second-order valence-corrected chi connectivity index (χ2v) is 6.68. The van der Waals surface area contributed by atoms with Gasteiger partial charge in [-0.15, -0.1) is 0 Å². The summed E-state index contributed by atoms with van der Waals surface area (Å²) in [5.74, 6) is 0.235. The third-order valence-electron chi connectivity index (χ3n) is 3.78. The first-order chi connectivity index (χ1) is 9.46. The molecule has 1 fully saturated rings. The van der Waals surface area contributed by atoms with Crippen molar-refractivity contribution in [3.63, 3.8) is 0 Å². The lowest BCUT2D eigenvalue weighted by Gasteiger charge is -2.27. The summed E-state index contributed by atoms with van der Waals surface area (Å²) in [6.07, 6.45) is 3.22. The van der Waals surface area contributed by atoms with Crippen molar-refractivity contribution in [2.75, 3.05) is 13.1 Å². The van der Waals surface area contributed by atoms with Crippen LogP contribution in [0.2, 0.25) is 0 Å². The fourth-order valence-corrected chi connectivity index (χ4v) is 2.70. The Labute approximate surface area is 122 Å². The zero-order valence-corrected chi connectivity index (χ0v) is 12.9. The molecule has 1 aliphatic heterocycles. The van der Waals surface area contributed by atoms with E-state index in [2.05, 4.69) is 55.3 Å². The summed E-state index contributed by atoms with van der Waals surface area (Å²) in [7, 11) is 0. The molecule has 0 radical (unpaired) electrons. The molecule has 0 aliphatic carbocycles. The number of hydrogen-bond donors (Lipinski definition) is 1. The summed E-state index contributed by atoms with van der Waals surface area (Å²) in [4.78, 5) is 14.4. The van der Waals surface area contributed by atoms with E-state index < -0.39 is 0 Å². The largest absolute Gasteiger partial charge is 0.338 e. The number of nitrogens with one attached hydrogen (secondary N) is 1. The van der Waals surface area contributed by atoms with Gasteiger partial charge in [0.15, 0.2) is 0 Å². The van der Waals surface area contributed by atoms with E-state index in [4.69, 9.17) is 0 Å². The Hall–Kier alpha value is -1.35. The molecule has 3 heteroatoms. The van der Waals surface area contributed by atoms with Crippen LogP contribution in [0.1, 0.15) is 39.2 Å². The second-order valence-electron chi connectivity index (χ2n) is 6.68. The lowest BCUT2D eigenvalue weighted by molar-refractivity contribution is -0.131. The molecule has 0 spiro atoms. The maximum atomic E-state index is 12.4. The van der Waals surface area contributed by atoms with Crippen LogP contribution in [0.15, 0.2) is 30.3 Å². The second kappa shape index (κ2) is 6.40. The van der Waals surface area contributed by atoms with Crippen molar-refractivity contribution in [1.82, 2.24) is 10.2 Å². The van der Waals surface area contributed by atoms with Gasteiger partial charge in [-0.1, -0.05) is 30.3 Å². The average molecular weight is 274 g/mol. The van der Waals surface area contributed by atoms with Crippen LogP contribution in [0.25, 0.3) is 0 Å². The molecule has 1 aromatic carbocycles. The molecule has 1 N–H and O–H groups in total. The molecule has 110 valence electrons. The summed E-state index contributed by atoms with van der Waals surface area (Å²) in [5.41, 5.74) is 1.31. The van der Waals surface area contributed by atoms with Crippen LogP contribution in [0, 0.1) is 0 Å². The molecule has 1 unspecified atom stereocenters. The standard InChI is InChI=1S/C17H26N2O/c1-17(2,3)18-13-16(20)19-11-7-10-15(19)12-14-8-5-4-6-9-14/h4-6,8-9,15,18H,7,10-13H2,1-3H3. The first kappa shape index (κ1) is 15.0. The highest BCUT2D eigenvalue weighted by molar-refractivity contribution is 5.79. The summed E-state index contributed by atoms with van der Waals surface area (Å²) < 4.78 is 0.